The first-order valence-electron chi connectivity index (χ1n) is 5.11. The standard InChI is InChI=1S/C12H15N3O/c1-16-7-10-5-9-3-2-8(6-13)4-11(9)15-12(10)14/h2-5H,6-7,13H2,1H3,(H2,14,15). The summed E-state index contributed by atoms with van der Waals surface area (Å²) in [6.07, 6.45) is 0. The lowest BCUT2D eigenvalue weighted by molar-refractivity contribution is 0.185. The molecule has 2 aromatic rings. The van der Waals surface area contributed by atoms with Crippen molar-refractivity contribution in [2.75, 3.05) is 12.8 Å². The van der Waals surface area contributed by atoms with Crippen LogP contribution in [-0.2, 0) is 17.9 Å². The lowest BCUT2D eigenvalue weighted by Gasteiger charge is -2.07. The van der Waals surface area contributed by atoms with Crippen LogP contribution in [0.1, 0.15) is 11.1 Å². The lowest BCUT2D eigenvalue weighted by Crippen LogP contribution is -2.01. The van der Waals surface area contributed by atoms with Crippen LogP contribution in [0.4, 0.5) is 5.82 Å². The molecule has 2 rings (SSSR count). The predicted octanol–water partition coefficient (Wildman–Crippen LogP) is 1.42. The molecule has 4 nitrogen and oxygen atoms in total. The van der Waals surface area contributed by atoms with E-state index in [0.29, 0.717) is 19.0 Å². The molecule has 4 N–H and O–H groups in total. The monoisotopic (exact) mass is 217 g/mol. The third-order valence-electron chi connectivity index (χ3n) is 2.53. The van der Waals surface area contributed by atoms with Gasteiger partial charge < -0.3 is 16.2 Å². The van der Waals surface area contributed by atoms with Gasteiger partial charge in [-0.3, -0.25) is 0 Å². The molecule has 4 heteroatoms. The Morgan fingerprint density at radius 3 is 2.81 bits per heavy atom. The van der Waals surface area contributed by atoms with Crippen molar-refractivity contribution in [3.05, 3.63) is 35.4 Å². The van der Waals surface area contributed by atoms with E-state index in [1.807, 2.05) is 24.3 Å². The Kier molecular flexibility index (Phi) is 3.03. The highest BCUT2D eigenvalue weighted by atomic mass is 16.5. The fraction of sp³-hybridized carbons (Fsp3) is 0.250. The van der Waals surface area contributed by atoms with Gasteiger partial charge in [-0.25, -0.2) is 4.98 Å². The number of hydrogen-bond acceptors (Lipinski definition) is 4. The number of nitrogens with zero attached hydrogens (tertiary/aromatic N) is 1. The van der Waals surface area contributed by atoms with Gasteiger partial charge in [0.2, 0.25) is 0 Å². The Morgan fingerprint density at radius 1 is 1.31 bits per heavy atom. The van der Waals surface area contributed by atoms with E-state index in [-0.39, 0.29) is 0 Å². The largest absolute Gasteiger partial charge is 0.383 e. The van der Waals surface area contributed by atoms with Gasteiger partial charge in [0.05, 0.1) is 12.1 Å². The second kappa shape index (κ2) is 4.47. The van der Waals surface area contributed by atoms with Gasteiger partial charge in [0.15, 0.2) is 0 Å². The van der Waals surface area contributed by atoms with Crippen LogP contribution >= 0.6 is 0 Å². The minimum absolute atomic E-state index is 0.480. The predicted molar refractivity (Wildman–Crippen MR) is 64.8 cm³/mol. The van der Waals surface area contributed by atoms with Crippen LogP contribution < -0.4 is 11.5 Å². The van der Waals surface area contributed by atoms with Gasteiger partial charge in [0.1, 0.15) is 5.82 Å². The normalized spacial score (nSPS) is 10.9. The number of nitrogens with two attached hydrogens (primary N) is 2. The van der Waals surface area contributed by atoms with E-state index in [1.54, 1.807) is 7.11 Å². The highest BCUT2D eigenvalue weighted by Crippen LogP contribution is 2.20. The topological polar surface area (TPSA) is 74.2 Å². The zero-order chi connectivity index (χ0) is 11.5. The number of ether oxygens (including phenoxy) is 1. The molecular formula is C12H15N3O. The summed E-state index contributed by atoms with van der Waals surface area (Å²) >= 11 is 0. The number of fused-ring (bicyclic) bond motifs is 1. The molecule has 84 valence electrons. The van der Waals surface area contributed by atoms with Crippen molar-refractivity contribution in [1.29, 1.82) is 0 Å². The van der Waals surface area contributed by atoms with E-state index in [4.69, 9.17) is 16.2 Å². The Balaban J connectivity index is 2.55. The number of aromatic nitrogens is 1. The maximum atomic E-state index is 5.84. The molecule has 1 aromatic heterocycles. The van der Waals surface area contributed by atoms with Gasteiger partial charge >= 0.3 is 0 Å². The van der Waals surface area contributed by atoms with Crippen LogP contribution in [0, 0.1) is 0 Å². The Hall–Kier alpha value is -1.65. The number of nitrogen functional groups attached to an aromatic ring is 1. The van der Waals surface area contributed by atoms with Gasteiger partial charge in [-0.2, -0.15) is 0 Å². The molecule has 0 fully saturated rings. The van der Waals surface area contributed by atoms with Crippen molar-refractivity contribution in [2.45, 2.75) is 13.2 Å². The van der Waals surface area contributed by atoms with Crippen molar-refractivity contribution in [3.63, 3.8) is 0 Å². The summed E-state index contributed by atoms with van der Waals surface area (Å²) in [6.45, 7) is 0.991. The third-order valence-corrected chi connectivity index (χ3v) is 2.53. The number of rotatable bonds is 3. The second-order valence-electron chi connectivity index (χ2n) is 3.70. The molecule has 0 unspecified atom stereocenters. The number of pyridine rings is 1. The molecule has 0 amide bonds. The molecular weight excluding hydrogens is 202 g/mol. The van der Waals surface area contributed by atoms with E-state index < -0.39 is 0 Å². The summed E-state index contributed by atoms with van der Waals surface area (Å²) in [6, 6.07) is 7.96. The van der Waals surface area contributed by atoms with Crippen molar-refractivity contribution in [2.24, 2.45) is 5.73 Å². The van der Waals surface area contributed by atoms with Crippen LogP contribution in [0.25, 0.3) is 10.9 Å². The SMILES string of the molecule is COCc1cc2ccc(CN)cc2nc1N. The smallest absolute Gasteiger partial charge is 0.129 e. The molecule has 16 heavy (non-hydrogen) atoms. The van der Waals surface area contributed by atoms with Gasteiger partial charge in [-0.15, -0.1) is 0 Å². The van der Waals surface area contributed by atoms with Crippen LogP contribution in [-0.4, -0.2) is 12.1 Å². The average Bonchev–Trinajstić information content (AvgIpc) is 2.30. The molecule has 0 spiro atoms. The summed E-state index contributed by atoms with van der Waals surface area (Å²) in [5.74, 6) is 0.517. The fourth-order valence-electron chi connectivity index (χ4n) is 1.67. The van der Waals surface area contributed by atoms with E-state index in [1.165, 1.54) is 0 Å². The van der Waals surface area contributed by atoms with E-state index in [2.05, 4.69) is 4.98 Å². The summed E-state index contributed by atoms with van der Waals surface area (Å²) in [5, 5.41) is 1.05. The zero-order valence-corrected chi connectivity index (χ0v) is 9.23. The molecule has 0 aliphatic rings. The third kappa shape index (κ3) is 1.98. The molecule has 0 saturated carbocycles. The number of anilines is 1. The molecule has 0 saturated heterocycles. The van der Waals surface area contributed by atoms with Crippen molar-refractivity contribution >= 4 is 16.7 Å². The maximum absolute atomic E-state index is 5.84. The number of benzene rings is 1. The van der Waals surface area contributed by atoms with Crippen LogP contribution in [0.3, 0.4) is 0 Å². The highest BCUT2D eigenvalue weighted by Gasteiger charge is 2.04. The van der Waals surface area contributed by atoms with Crippen LogP contribution in [0.15, 0.2) is 24.3 Å². The summed E-state index contributed by atoms with van der Waals surface area (Å²) in [4.78, 5) is 4.35. The Morgan fingerprint density at radius 2 is 2.12 bits per heavy atom. The molecule has 0 aliphatic carbocycles. The maximum Gasteiger partial charge on any atom is 0.129 e. The first-order chi connectivity index (χ1) is 7.74. The molecule has 0 atom stereocenters. The van der Waals surface area contributed by atoms with Crippen LogP contribution in [0.5, 0.6) is 0 Å². The van der Waals surface area contributed by atoms with Gasteiger partial charge in [-0.1, -0.05) is 12.1 Å². The highest BCUT2D eigenvalue weighted by molar-refractivity contribution is 5.82. The van der Waals surface area contributed by atoms with Crippen molar-refractivity contribution in [3.8, 4) is 0 Å². The molecule has 0 radical (unpaired) electrons. The second-order valence-corrected chi connectivity index (χ2v) is 3.70. The molecule has 1 heterocycles. The van der Waals surface area contributed by atoms with E-state index in [0.717, 1.165) is 22.0 Å². The van der Waals surface area contributed by atoms with Crippen molar-refractivity contribution in [1.82, 2.24) is 4.98 Å². The van der Waals surface area contributed by atoms with Gasteiger partial charge in [-0.05, 0) is 17.7 Å². The fourth-order valence-corrected chi connectivity index (χ4v) is 1.67. The number of methoxy groups -OCH3 is 1. The first kappa shape index (κ1) is 10.9. The summed E-state index contributed by atoms with van der Waals surface area (Å²) < 4.78 is 5.06. The van der Waals surface area contributed by atoms with E-state index >= 15 is 0 Å². The van der Waals surface area contributed by atoms with Crippen LogP contribution in [0.2, 0.25) is 0 Å². The van der Waals surface area contributed by atoms with Gasteiger partial charge in [0.25, 0.3) is 0 Å². The van der Waals surface area contributed by atoms with Gasteiger partial charge in [0, 0.05) is 24.6 Å². The van der Waals surface area contributed by atoms with Crippen molar-refractivity contribution < 1.29 is 4.74 Å². The average molecular weight is 217 g/mol. The lowest BCUT2D eigenvalue weighted by atomic mass is 10.1. The molecule has 0 aliphatic heterocycles. The quantitative estimate of drug-likeness (QED) is 0.815. The Labute approximate surface area is 94.2 Å². The minimum Gasteiger partial charge on any atom is -0.383 e. The molecule has 0 bridgehead atoms. The zero-order valence-electron chi connectivity index (χ0n) is 9.23. The number of hydrogen-bond donors (Lipinski definition) is 2. The summed E-state index contributed by atoms with van der Waals surface area (Å²) in [7, 11) is 1.64. The minimum atomic E-state index is 0.480. The first-order valence-corrected chi connectivity index (χ1v) is 5.11. The van der Waals surface area contributed by atoms with E-state index in [9.17, 15) is 0 Å². The molecule has 1 aromatic carbocycles. The Bertz CT molecular complexity index is 511. The summed E-state index contributed by atoms with van der Waals surface area (Å²) in [5.41, 5.74) is 14.3.